The SMILES string of the molecule is CC(=O)N[C@H]1[C@H]([C@H](O)[C@H](O)CO)O[C@@](OC[C@H]2OC(O)[C@H](O)[C@@H](O)[C@@H]2O[C@@H]2O[C@H](CO)[C@H](O)[C@H](O)[C@H]2O)(C(=O)O)C[C@@H]1O. The molecule has 0 aromatic rings. The summed E-state index contributed by atoms with van der Waals surface area (Å²) in [5.74, 6) is -5.46. The van der Waals surface area contributed by atoms with E-state index in [1.165, 1.54) is 0 Å². The Kier molecular flexibility index (Phi) is 12.1. The average Bonchev–Trinajstić information content (AvgIpc) is 2.96. The van der Waals surface area contributed by atoms with Gasteiger partial charge in [-0.15, -0.1) is 0 Å². The number of ether oxygens (including phenoxy) is 5. The number of amides is 1. The second-order valence-corrected chi connectivity index (χ2v) is 10.5. The molecule has 1 unspecified atom stereocenters. The van der Waals surface area contributed by atoms with E-state index < -0.39 is 136 Å². The van der Waals surface area contributed by atoms with Crippen LogP contribution in [0.25, 0.3) is 0 Å². The maximum Gasteiger partial charge on any atom is 0.364 e. The number of hydrogen-bond donors (Lipinski definition) is 13. The van der Waals surface area contributed by atoms with Crippen molar-refractivity contribution in [2.24, 2.45) is 0 Å². The van der Waals surface area contributed by atoms with E-state index >= 15 is 0 Å². The van der Waals surface area contributed by atoms with Gasteiger partial charge in [-0.2, -0.15) is 0 Å². The zero-order chi connectivity index (χ0) is 32.4. The van der Waals surface area contributed by atoms with E-state index in [2.05, 4.69) is 5.32 Å². The van der Waals surface area contributed by atoms with Crippen LogP contribution in [0.3, 0.4) is 0 Å². The topological polar surface area (TPSA) is 335 Å². The lowest BCUT2D eigenvalue weighted by atomic mass is 9.88. The van der Waals surface area contributed by atoms with Gasteiger partial charge in [0.1, 0.15) is 67.1 Å². The van der Waals surface area contributed by atoms with Crippen molar-refractivity contribution in [1.82, 2.24) is 5.32 Å². The number of hydrogen-bond acceptors (Lipinski definition) is 18. The van der Waals surface area contributed by atoms with Gasteiger partial charge in [0, 0.05) is 13.3 Å². The van der Waals surface area contributed by atoms with E-state index in [0.717, 1.165) is 6.92 Å². The minimum Gasteiger partial charge on any atom is -0.477 e. The number of carboxylic acids is 1. The lowest BCUT2D eigenvalue weighted by Crippen LogP contribution is -2.68. The van der Waals surface area contributed by atoms with Crippen molar-refractivity contribution in [3.8, 4) is 0 Å². The number of carbonyl (C=O) groups is 2. The zero-order valence-corrected chi connectivity index (χ0v) is 22.7. The van der Waals surface area contributed by atoms with Crippen LogP contribution in [-0.4, -0.2) is 191 Å². The van der Waals surface area contributed by atoms with Gasteiger partial charge in [0.05, 0.1) is 32.0 Å². The second-order valence-electron chi connectivity index (χ2n) is 10.5. The molecular weight excluding hydrogens is 594 g/mol. The van der Waals surface area contributed by atoms with Crippen LogP contribution in [0, 0.1) is 0 Å². The van der Waals surface area contributed by atoms with Crippen molar-refractivity contribution in [3.05, 3.63) is 0 Å². The maximum atomic E-state index is 12.4. The van der Waals surface area contributed by atoms with Crippen LogP contribution < -0.4 is 5.32 Å². The number of aliphatic carboxylic acids is 1. The third-order valence-corrected chi connectivity index (χ3v) is 7.47. The van der Waals surface area contributed by atoms with E-state index in [4.69, 9.17) is 23.7 Å². The van der Waals surface area contributed by atoms with Crippen LogP contribution in [-0.2, 0) is 33.3 Å². The van der Waals surface area contributed by atoms with Gasteiger partial charge in [0.15, 0.2) is 12.6 Å². The Morgan fingerprint density at radius 2 is 1.58 bits per heavy atom. The highest BCUT2D eigenvalue weighted by atomic mass is 16.8. The molecule has 3 fully saturated rings. The molecule has 0 saturated carbocycles. The molecule has 3 heterocycles. The van der Waals surface area contributed by atoms with Crippen molar-refractivity contribution in [1.29, 1.82) is 0 Å². The summed E-state index contributed by atoms with van der Waals surface area (Å²) in [6.45, 7) is -1.77. The van der Waals surface area contributed by atoms with Crippen LogP contribution in [0.2, 0.25) is 0 Å². The van der Waals surface area contributed by atoms with Crippen molar-refractivity contribution in [2.45, 2.75) is 111 Å². The number of carbonyl (C=O) groups excluding carboxylic acids is 1. The molecule has 16 atom stereocenters. The molecule has 0 spiro atoms. The number of rotatable bonds is 11. The Morgan fingerprint density at radius 3 is 2.14 bits per heavy atom. The first kappa shape index (κ1) is 35.8. The van der Waals surface area contributed by atoms with E-state index in [9.17, 15) is 70.9 Å². The quantitative estimate of drug-likeness (QED) is 0.100. The fourth-order valence-electron chi connectivity index (χ4n) is 5.05. The van der Waals surface area contributed by atoms with E-state index in [0.29, 0.717) is 0 Å². The van der Waals surface area contributed by atoms with Gasteiger partial charge in [0.2, 0.25) is 5.91 Å². The standard InChI is InChI=1S/C23H39NO19/c1-6(27)24-11-7(28)2-23(22(37)38,43-19(11)12(30)8(29)3-25)39-5-10-18(15(33)16(34)20(36)40-10)42-21-17(35)14(32)13(31)9(4-26)41-21/h7-21,25-26,28-36H,2-5H2,1H3,(H,24,27)(H,37,38)/t7-,8+,9+,10+,11+,12+,13-,14-,15+,16+,17+,18+,19+,20?,21-,23+/m0/s1. The fourth-order valence-corrected chi connectivity index (χ4v) is 5.05. The summed E-state index contributed by atoms with van der Waals surface area (Å²) in [4.78, 5) is 24.1. The number of nitrogens with one attached hydrogen (secondary N) is 1. The third-order valence-electron chi connectivity index (χ3n) is 7.47. The number of aliphatic hydroxyl groups is 11. The molecule has 0 aromatic carbocycles. The Morgan fingerprint density at radius 1 is 0.930 bits per heavy atom. The summed E-state index contributed by atoms with van der Waals surface area (Å²) in [6.07, 6.45) is -27.1. The molecule has 20 heteroatoms. The largest absolute Gasteiger partial charge is 0.477 e. The molecule has 43 heavy (non-hydrogen) atoms. The normalized spacial score (nSPS) is 45.3. The van der Waals surface area contributed by atoms with Crippen LogP contribution in [0.15, 0.2) is 0 Å². The van der Waals surface area contributed by atoms with Gasteiger partial charge < -0.3 is 90.3 Å². The van der Waals surface area contributed by atoms with Crippen LogP contribution in [0.5, 0.6) is 0 Å². The molecule has 20 nitrogen and oxygen atoms in total. The molecule has 1 amide bonds. The van der Waals surface area contributed by atoms with E-state index in [-0.39, 0.29) is 0 Å². The lowest BCUT2D eigenvalue weighted by molar-refractivity contribution is -0.365. The van der Waals surface area contributed by atoms with Crippen LogP contribution in [0.1, 0.15) is 13.3 Å². The molecule has 13 N–H and O–H groups in total. The van der Waals surface area contributed by atoms with Crippen molar-refractivity contribution < 1.29 is 94.6 Å². The highest BCUT2D eigenvalue weighted by molar-refractivity contribution is 5.76. The van der Waals surface area contributed by atoms with Crippen molar-refractivity contribution in [3.63, 3.8) is 0 Å². The summed E-state index contributed by atoms with van der Waals surface area (Å²) < 4.78 is 26.9. The summed E-state index contributed by atoms with van der Waals surface area (Å²) in [5, 5.41) is 123. The molecule has 3 rings (SSSR count). The average molecular weight is 634 g/mol. The first-order valence-corrected chi connectivity index (χ1v) is 13.2. The Balaban J connectivity index is 1.87. The maximum absolute atomic E-state index is 12.4. The van der Waals surface area contributed by atoms with Gasteiger partial charge in [0.25, 0.3) is 5.79 Å². The number of aliphatic hydroxyl groups excluding tert-OH is 11. The monoisotopic (exact) mass is 633 g/mol. The van der Waals surface area contributed by atoms with Crippen molar-refractivity contribution in [2.75, 3.05) is 19.8 Å². The van der Waals surface area contributed by atoms with Gasteiger partial charge >= 0.3 is 5.97 Å². The molecule has 3 aliphatic heterocycles. The first-order chi connectivity index (χ1) is 20.1. The molecule has 0 aromatic heterocycles. The summed E-state index contributed by atoms with van der Waals surface area (Å²) in [7, 11) is 0. The molecule has 3 saturated heterocycles. The van der Waals surface area contributed by atoms with Gasteiger partial charge in [-0.05, 0) is 0 Å². The Bertz CT molecular complexity index is 942. The van der Waals surface area contributed by atoms with Crippen LogP contribution in [0.4, 0.5) is 0 Å². The minimum absolute atomic E-state index is 0.725. The van der Waals surface area contributed by atoms with Gasteiger partial charge in [-0.3, -0.25) is 4.79 Å². The van der Waals surface area contributed by atoms with Gasteiger partial charge in [-0.25, -0.2) is 4.79 Å². The molecule has 0 aliphatic carbocycles. The van der Waals surface area contributed by atoms with E-state index in [1.807, 2.05) is 0 Å². The lowest BCUT2D eigenvalue weighted by Gasteiger charge is -2.48. The first-order valence-electron chi connectivity index (χ1n) is 13.2. The summed E-state index contributed by atoms with van der Waals surface area (Å²) in [6, 6.07) is -1.49. The smallest absolute Gasteiger partial charge is 0.364 e. The fraction of sp³-hybridized carbons (Fsp3) is 0.913. The second kappa shape index (κ2) is 14.6. The van der Waals surface area contributed by atoms with Gasteiger partial charge in [-0.1, -0.05) is 0 Å². The summed E-state index contributed by atoms with van der Waals surface area (Å²) >= 11 is 0. The molecule has 0 radical (unpaired) electrons. The van der Waals surface area contributed by atoms with E-state index in [1.54, 1.807) is 0 Å². The Labute approximate surface area is 243 Å². The predicted octanol–water partition coefficient (Wildman–Crippen LogP) is -8.22. The molecular formula is C23H39NO19. The minimum atomic E-state index is -2.85. The third kappa shape index (κ3) is 7.58. The highest BCUT2D eigenvalue weighted by Crippen LogP contribution is 2.35. The van der Waals surface area contributed by atoms with Crippen LogP contribution >= 0.6 is 0 Å². The predicted molar refractivity (Wildman–Crippen MR) is 130 cm³/mol. The zero-order valence-electron chi connectivity index (χ0n) is 22.7. The molecule has 3 aliphatic rings. The Hall–Kier alpha value is -1.70. The molecule has 250 valence electrons. The number of carboxylic acid groups (broad SMARTS) is 1. The summed E-state index contributed by atoms with van der Waals surface area (Å²) in [5.41, 5.74) is 0. The molecule has 0 bridgehead atoms. The highest BCUT2D eigenvalue weighted by Gasteiger charge is 2.57. The van der Waals surface area contributed by atoms with Crippen molar-refractivity contribution >= 4 is 11.9 Å².